The number of amides is 1. The van der Waals surface area contributed by atoms with Gasteiger partial charge in [0.05, 0.1) is 25.8 Å². The van der Waals surface area contributed by atoms with Crippen LogP contribution in [0.4, 0.5) is 0 Å². The smallest absolute Gasteiger partial charge is 0.244 e. The average Bonchev–Trinajstić information content (AvgIpc) is 2.79. The molecule has 174 valence electrons. The molecule has 2 aromatic rings. The van der Waals surface area contributed by atoms with Crippen LogP contribution in [0.25, 0.3) is 0 Å². The summed E-state index contributed by atoms with van der Waals surface area (Å²) in [6.07, 6.45) is 0. The molecule has 0 radical (unpaired) electrons. The van der Waals surface area contributed by atoms with Gasteiger partial charge in [0.25, 0.3) is 0 Å². The van der Waals surface area contributed by atoms with Crippen LogP contribution in [0.15, 0.2) is 47.4 Å². The number of rotatable bonds is 8. The molecular weight excluding hydrogens is 454 g/mol. The molecule has 3 rings (SSSR count). The van der Waals surface area contributed by atoms with Gasteiger partial charge in [-0.25, -0.2) is 8.42 Å². The number of likely N-dealkylation sites (N-methyl/N-ethyl adjacent to an activating group) is 1. The monoisotopic (exact) mass is 481 g/mol. The minimum Gasteiger partial charge on any atom is -0.497 e. The van der Waals surface area contributed by atoms with Gasteiger partial charge in [-0.05, 0) is 25.2 Å². The molecule has 1 heterocycles. The first kappa shape index (κ1) is 24.3. The Labute approximate surface area is 194 Å². The normalized spacial score (nSPS) is 15.1. The van der Waals surface area contributed by atoms with Crippen LogP contribution in [0.5, 0.6) is 11.5 Å². The Hall–Kier alpha value is -2.33. The van der Waals surface area contributed by atoms with Gasteiger partial charge in [0, 0.05) is 44.4 Å². The molecule has 1 aliphatic rings. The van der Waals surface area contributed by atoms with Crippen molar-refractivity contribution >= 4 is 27.5 Å². The Morgan fingerprint density at radius 2 is 1.75 bits per heavy atom. The van der Waals surface area contributed by atoms with Gasteiger partial charge in [-0.15, -0.1) is 0 Å². The molecule has 0 aromatic heterocycles. The summed E-state index contributed by atoms with van der Waals surface area (Å²) in [4.78, 5) is 16.5. The van der Waals surface area contributed by atoms with Gasteiger partial charge in [0.15, 0.2) is 0 Å². The zero-order chi connectivity index (χ0) is 23.3. The average molecular weight is 482 g/mol. The third-order valence-corrected chi connectivity index (χ3v) is 7.78. The van der Waals surface area contributed by atoms with Crippen molar-refractivity contribution in [3.05, 3.63) is 53.1 Å². The lowest BCUT2D eigenvalue weighted by atomic mass is 10.1. The van der Waals surface area contributed by atoms with Gasteiger partial charge in [0.2, 0.25) is 15.9 Å². The summed E-state index contributed by atoms with van der Waals surface area (Å²) in [5.74, 6) is 1.35. The molecule has 1 saturated heterocycles. The molecule has 32 heavy (non-hydrogen) atoms. The summed E-state index contributed by atoms with van der Waals surface area (Å²) in [7, 11) is 1.36. The second kappa shape index (κ2) is 10.5. The number of ether oxygens (including phenoxy) is 2. The highest BCUT2D eigenvalue weighted by Gasteiger charge is 2.31. The van der Waals surface area contributed by atoms with E-state index in [-0.39, 0.29) is 35.5 Å². The largest absolute Gasteiger partial charge is 0.497 e. The minimum atomic E-state index is -3.69. The van der Waals surface area contributed by atoms with Crippen LogP contribution in [0.1, 0.15) is 5.56 Å². The van der Waals surface area contributed by atoms with Gasteiger partial charge in [-0.1, -0.05) is 29.8 Å². The van der Waals surface area contributed by atoms with Crippen molar-refractivity contribution in [2.24, 2.45) is 0 Å². The van der Waals surface area contributed by atoms with Crippen molar-refractivity contribution in [1.82, 2.24) is 14.1 Å². The molecule has 0 saturated carbocycles. The lowest BCUT2D eigenvalue weighted by molar-refractivity contribution is -0.133. The van der Waals surface area contributed by atoms with E-state index in [2.05, 4.69) is 0 Å². The van der Waals surface area contributed by atoms with Crippen molar-refractivity contribution in [2.45, 2.75) is 11.4 Å². The summed E-state index contributed by atoms with van der Waals surface area (Å²) in [6.45, 7) is 1.88. The molecule has 0 atom stereocenters. The Morgan fingerprint density at radius 1 is 1.06 bits per heavy atom. The second-order valence-corrected chi connectivity index (χ2v) is 9.88. The summed E-state index contributed by atoms with van der Waals surface area (Å²) < 4.78 is 37.8. The van der Waals surface area contributed by atoms with Gasteiger partial charge >= 0.3 is 0 Å². The van der Waals surface area contributed by atoms with Crippen molar-refractivity contribution < 1.29 is 22.7 Å². The number of piperazine rings is 1. The number of halogens is 1. The maximum absolute atomic E-state index is 12.9. The molecule has 1 aliphatic heterocycles. The molecule has 8 nitrogen and oxygen atoms in total. The number of hydrogen-bond donors (Lipinski definition) is 0. The number of methoxy groups -OCH3 is 2. The van der Waals surface area contributed by atoms with Crippen molar-refractivity contribution in [3.63, 3.8) is 0 Å². The zero-order valence-corrected chi connectivity index (χ0v) is 20.0. The van der Waals surface area contributed by atoms with E-state index < -0.39 is 10.0 Å². The Kier molecular flexibility index (Phi) is 8.00. The lowest BCUT2D eigenvalue weighted by Crippen LogP contribution is -2.52. The fourth-order valence-corrected chi connectivity index (χ4v) is 5.55. The summed E-state index contributed by atoms with van der Waals surface area (Å²) in [6, 6.07) is 12.0. The van der Waals surface area contributed by atoms with E-state index in [4.69, 9.17) is 21.1 Å². The first-order valence-corrected chi connectivity index (χ1v) is 12.0. The van der Waals surface area contributed by atoms with Crippen LogP contribution in [-0.2, 0) is 21.4 Å². The number of benzene rings is 2. The summed E-state index contributed by atoms with van der Waals surface area (Å²) in [5, 5.41) is 0.196. The number of nitrogens with zero attached hydrogens (tertiary/aromatic N) is 3. The van der Waals surface area contributed by atoms with Gasteiger partial charge in [0.1, 0.15) is 16.4 Å². The Balaban J connectivity index is 1.56. The lowest BCUT2D eigenvalue weighted by Gasteiger charge is -2.35. The molecule has 0 bridgehead atoms. The van der Waals surface area contributed by atoms with Gasteiger partial charge < -0.3 is 14.4 Å². The molecule has 0 N–H and O–H groups in total. The van der Waals surface area contributed by atoms with Crippen molar-refractivity contribution in [2.75, 3.05) is 54.0 Å². The Morgan fingerprint density at radius 3 is 2.38 bits per heavy atom. The zero-order valence-electron chi connectivity index (χ0n) is 18.5. The fourth-order valence-electron chi connectivity index (χ4n) is 3.63. The van der Waals surface area contributed by atoms with E-state index in [0.29, 0.717) is 31.1 Å². The number of hydrogen-bond acceptors (Lipinski definition) is 6. The summed E-state index contributed by atoms with van der Waals surface area (Å²) in [5.41, 5.74) is 0.944. The molecule has 0 unspecified atom stereocenters. The molecule has 1 amide bonds. The molecule has 0 aliphatic carbocycles. The number of carbonyl (C=O) groups is 1. The molecule has 10 heteroatoms. The van der Waals surface area contributed by atoms with Crippen LogP contribution in [0.3, 0.4) is 0 Å². The highest BCUT2D eigenvalue weighted by Crippen LogP contribution is 2.26. The van der Waals surface area contributed by atoms with Crippen LogP contribution in [0.2, 0.25) is 5.02 Å². The minimum absolute atomic E-state index is 0.0465. The van der Waals surface area contributed by atoms with E-state index in [1.807, 2.05) is 30.1 Å². The number of sulfonamides is 1. The second-order valence-electron chi connectivity index (χ2n) is 7.57. The maximum atomic E-state index is 12.9. The van der Waals surface area contributed by atoms with E-state index >= 15 is 0 Å². The predicted octanol–water partition coefficient (Wildman–Crippen LogP) is 2.32. The third-order valence-electron chi connectivity index (χ3n) is 5.39. The highest BCUT2D eigenvalue weighted by atomic mass is 35.5. The SMILES string of the molecule is COc1ccc(CN(C)CC(=O)N2CCN(S(=O)(=O)c3ccccc3Cl)CC2)c(OC)c1. The van der Waals surface area contributed by atoms with Gasteiger partial charge in [-0.3, -0.25) is 9.69 Å². The van der Waals surface area contributed by atoms with Crippen LogP contribution in [0, 0.1) is 0 Å². The topological polar surface area (TPSA) is 79.4 Å². The van der Waals surface area contributed by atoms with E-state index in [9.17, 15) is 13.2 Å². The first-order valence-electron chi connectivity index (χ1n) is 10.2. The van der Waals surface area contributed by atoms with Crippen LogP contribution < -0.4 is 9.47 Å². The van der Waals surface area contributed by atoms with E-state index in [1.165, 1.54) is 10.4 Å². The molecule has 1 fully saturated rings. The van der Waals surface area contributed by atoms with Crippen LogP contribution >= 0.6 is 11.6 Å². The quantitative estimate of drug-likeness (QED) is 0.575. The van der Waals surface area contributed by atoms with Crippen molar-refractivity contribution in [3.8, 4) is 11.5 Å². The first-order chi connectivity index (χ1) is 15.3. The standard InChI is InChI=1S/C22H28ClN3O5S/c1-24(15-17-8-9-18(30-2)14-20(17)31-3)16-22(27)25-10-12-26(13-11-25)32(28,29)21-7-5-4-6-19(21)23/h4-9,14H,10-13,15-16H2,1-3H3. The molecule has 0 spiro atoms. The van der Waals surface area contributed by atoms with Crippen LogP contribution in [-0.4, -0.2) is 82.4 Å². The fraction of sp³-hybridized carbons (Fsp3) is 0.409. The summed E-state index contributed by atoms with van der Waals surface area (Å²) >= 11 is 6.08. The highest BCUT2D eigenvalue weighted by molar-refractivity contribution is 7.89. The molecular formula is C22H28ClN3O5S. The van der Waals surface area contributed by atoms with Crippen molar-refractivity contribution in [1.29, 1.82) is 0 Å². The third kappa shape index (κ3) is 5.53. The number of carbonyl (C=O) groups excluding carboxylic acids is 1. The Bertz CT molecular complexity index is 1060. The maximum Gasteiger partial charge on any atom is 0.244 e. The predicted molar refractivity (Wildman–Crippen MR) is 123 cm³/mol. The van der Waals surface area contributed by atoms with E-state index in [1.54, 1.807) is 37.3 Å². The van der Waals surface area contributed by atoms with E-state index in [0.717, 1.165) is 5.56 Å². The molecule has 2 aromatic carbocycles. The van der Waals surface area contributed by atoms with Gasteiger partial charge in [-0.2, -0.15) is 4.31 Å².